The second-order valence-corrected chi connectivity index (χ2v) is 10.8. The van der Waals surface area contributed by atoms with E-state index in [4.69, 9.17) is 11.6 Å². The number of hydrogen-bond donors (Lipinski definition) is 2. The molecule has 1 saturated heterocycles. The van der Waals surface area contributed by atoms with Gasteiger partial charge in [-0.2, -0.15) is 4.31 Å². The fraction of sp³-hybridized carbons (Fsp3) is 0.583. The molecule has 2 aliphatic rings. The molecule has 0 aromatic heterocycles. The standard InChI is InChI=1S/C22H33ClN3O3S.2CH2/c1-17-20(23)12-7-13-21(17)30(28,29)26-14-8-9-18(16-26)15-24-22(27)25-19-10-5-3-2-4-6-11-19;;/h7,12-13,18H,2-6,8-11,14-16H2,1H3,(H2,24,25,27);2*1H2. The molecule has 8 heteroatoms. The first-order valence-electron chi connectivity index (χ1n) is 11.0. The third-order valence-corrected chi connectivity index (χ3v) is 8.54. The molecule has 1 aromatic carbocycles. The lowest BCUT2D eigenvalue weighted by molar-refractivity contribution is 0.229. The van der Waals surface area contributed by atoms with Gasteiger partial charge in [0, 0.05) is 24.7 Å². The summed E-state index contributed by atoms with van der Waals surface area (Å²) in [5, 5.41) is 6.44. The molecule has 2 amide bonds. The molecule has 1 atom stereocenters. The van der Waals surface area contributed by atoms with E-state index >= 15 is 0 Å². The molecule has 2 fully saturated rings. The van der Waals surface area contributed by atoms with Crippen LogP contribution in [0.15, 0.2) is 23.1 Å². The fourth-order valence-corrected chi connectivity index (χ4v) is 6.35. The number of carbonyl (C=O) groups is 1. The van der Waals surface area contributed by atoms with E-state index in [1.807, 2.05) is 0 Å². The Kier molecular flexibility index (Phi) is 12.0. The highest BCUT2D eigenvalue weighted by Crippen LogP contribution is 2.28. The minimum atomic E-state index is -3.60. The maximum Gasteiger partial charge on any atom is 0.315 e. The first-order valence-corrected chi connectivity index (χ1v) is 12.8. The van der Waals surface area contributed by atoms with Crippen LogP contribution in [0.5, 0.6) is 0 Å². The van der Waals surface area contributed by atoms with Crippen LogP contribution in [0.4, 0.5) is 4.79 Å². The van der Waals surface area contributed by atoms with E-state index in [2.05, 4.69) is 10.6 Å². The summed E-state index contributed by atoms with van der Waals surface area (Å²) in [4.78, 5) is 12.6. The van der Waals surface area contributed by atoms with Crippen LogP contribution in [-0.4, -0.2) is 38.4 Å². The molecule has 32 heavy (non-hydrogen) atoms. The predicted molar refractivity (Wildman–Crippen MR) is 130 cm³/mol. The van der Waals surface area contributed by atoms with Gasteiger partial charge in [-0.1, -0.05) is 64.6 Å². The molecule has 1 aliphatic carbocycles. The van der Waals surface area contributed by atoms with E-state index in [1.165, 1.54) is 23.6 Å². The van der Waals surface area contributed by atoms with Gasteiger partial charge in [-0.05, 0) is 56.2 Å². The van der Waals surface area contributed by atoms with Crippen LogP contribution in [0.3, 0.4) is 0 Å². The van der Waals surface area contributed by atoms with Gasteiger partial charge in [-0.15, -0.1) is 0 Å². The largest absolute Gasteiger partial charge is 0.338 e. The number of nitrogens with zero attached hydrogens (tertiary/aromatic N) is 1. The van der Waals surface area contributed by atoms with E-state index in [-0.39, 0.29) is 31.7 Å². The van der Waals surface area contributed by atoms with Gasteiger partial charge in [0.15, 0.2) is 0 Å². The van der Waals surface area contributed by atoms with Crippen LogP contribution in [0.25, 0.3) is 0 Å². The lowest BCUT2D eigenvalue weighted by atomic mass is 9.97. The van der Waals surface area contributed by atoms with Crippen molar-refractivity contribution in [2.45, 2.75) is 69.6 Å². The van der Waals surface area contributed by atoms with Gasteiger partial charge in [0.2, 0.25) is 10.0 Å². The molecule has 1 heterocycles. The van der Waals surface area contributed by atoms with Gasteiger partial charge < -0.3 is 10.6 Å². The van der Waals surface area contributed by atoms with Crippen LogP contribution in [0, 0.1) is 33.7 Å². The zero-order chi connectivity index (χ0) is 21.6. The smallest absolute Gasteiger partial charge is 0.315 e. The summed E-state index contributed by atoms with van der Waals surface area (Å²) in [6.45, 7) is 3.11. The number of nitrogens with one attached hydrogen (secondary N) is 2. The molecule has 1 aromatic rings. The average molecular weight is 483 g/mol. The summed E-state index contributed by atoms with van der Waals surface area (Å²) in [5.74, 6) is 0.0982. The summed E-state index contributed by atoms with van der Waals surface area (Å²) in [5.41, 5.74) is 0.579. The lowest BCUT2D eigenvalue weighted by Crippen LogP contribution is -2.46. The van der Waals surface area contributed by atoms with Crippen molar-refractivity contribution in [2.75, 3.05) is 19.6 Å². The molecular formula is C24H37ClN3O3S. The second-order valence-electron chi connectivity index (χ2n) is 8.44. The Hall–Kier alpha value is -1.31. The number of urea groups is 1. The predicted octanol–water partition coefficient (Wildman–Crippen LogP) is 5.28. The number of hydrogen-bond acceptors (Lipinski definition) is 3. The van der Waals surface area contributed by atoms with Gasteiger partial charge in [-0.25, -0.2) is 13.2 Å². The Morgan fingerprint density at radius 1 is 1.09 bits per heavy atom. The van der Waals surface area contributed by atoms with Crippen molar-refractivity contribution < 1.29 is 13.2 Å². The monoisotopic (exact) mass is 482 g/mol. The Balaban J connectivity index is 0.00000256. The summed E-state index contributed by atoms with van der Waals surface area (Å²) in [6, 6.07) is 5.93. The molecule has 5 radical (unpaired) electrons. The van der Waals surface area contributed by atoms with Crippen LogP contribution in [-0.2, 0) is 10.0 Å². The summed E-state index contributed by atoms with van der Waals surface area (Å²) in [7, 11) is -3.60. The number of rotatable bonds is 5. The average Bonchev–Trinajstić information content (AvgIpc) is 2.70. The maximum atomic E-state index is 13.1. The van der Waals surface area contributed by atoms with Crippen LogP contribution < -0.4 is 10.6 Å². The molecule has 6 nitrogen and oxygen atoms in total. The molecule has 0 spiro atoms. The zero-order valence-electron chi connectivity index (χ0n) is 19.2. The van der Waals surface area contributed by atoms with E-state index in [0.29, 0.717) is 30.2 Å². The molecule has 1 aliphatic heterocycles. The van der Waals surface area contributed by atoms with E-state index < -0.39 is 10.0 Å². The molecule has 2 N–H and O–H groups in total. The van der Waals surface area contributed by atoms with Gasteiger partial charge in [0.1, 0.15) is 0 Å². The zero-order valence-corrected chi connectivity index (χ0v) is 20.7. The first-order chi connectivity index (χ1) is 14.4. The number of piperidine rings is 1. The van der Waals surface area contributed by atoms with Crippen molar-refractivity contribution in [2.24, 2.45) is 5.92 Å². The van der Waals surface area contributed by atoms with Crippen molar-refractivity contribution in [3.05, 3.63) is 49.7 Å². The number of carbonyl (C=O) groups excluding carboxylic acids is 1. The number of amides is 2. The summed E-state index contributed by atoms with van der Waals surface area (Å²) < 4.78 is 27.8. The van der Waals surface area contributed by atoms with E-state index in [1.54, 1.807) is 25.1 Å². The highest BCUT2D eigenvalue weighted by atomic mass is 35.5. The number of benzene rings is 1. The van der Waals surface area contributed by atoms with Gasteiger partial charge in [0.05, 0.1) is 10.9 Å². The highest BCUT2D eigenvalue weighted by molar-refractivity contribution is 7.89. The number of sulfonamides is 1. The first kappa shape index (κ1) is 28.7. The molecule has 0 bridgehead atoms. The quantitative estimate of drug-likeness (QED) is 0.599. The van der Waals surface area contributed by atoms with Crippen molar-refractivity contribution in [3.63, 3.8) is 0 Å². The van der Waals surface area contributed by atoms with Crippen molar-refractivity contribution >= 4 is 27.7 Å². The normalized spacial score (nSPS) is 20.8. The topological polar surface area (TPSA) is 78.5 Å². The highest BCUT2D eigenvalue weighted by Gasteiger charge is 2.31. The maximum absolute atomic E-state index is 13.1. The fourth-order valence-electron chi connectivity index (χ4n) is 4.32. The van der Waals surface area contributed by atoms with Crippen LogP contribution >= 0.6 is 11.6 Å². The van der Waals surface area contributed by atoms with Gasteiger partial charge >= 0.3 is 6.03 Å². The Bertz CT molecular complexity index is 824. The SMILES string of the molecule is Cc1c(Cl)cccc1S(=O)(=O)N1CCCC(CNC(=O)N[C]2CCCCCCC2)C1.[CH2].[CH2]. The molecule has 1 saturated carbocycles. The van der Waals surface area contributed by atoms with Gasteiger partial charge in [-0.3, -0.25) is 0 Å². The number of halogens is 1. The van der Waals surface area contributed by atoms with Crippen LogP contribution in [0.2, 0.25) is 5.02 Å². The van der Waals surface area contributed by atoms with Gasteiger partial charge in [0.25, 0.3) is 0 Å². The molecular weight excluding hydrogens is 446 g/mol. The molecule has 1 unspecified atom stereocenters. The summed E-state index contributed by atoms with van der Waals surface area (Å²) in [6.07, 6.45) is 9.61. The third kappa shape index (κ3) is 7.63. The van der Waals surface area contributed by atoms with Crippen molar-refractivity contribution in [3.8, 4) is 0 Å². The van der Waals surface area contributed by atoms with Crippen molar-refractivity contribution in [1.29, 1.82) is 0 Å². The van der Waals surface area contributed by atoms with Crippen molar-refractivity contribution in [1.82, 2.24) is 14.9 Å². The second kappa shape index (κ2) is 13.4. The molecule has 179 valence electrons. The third-order valence-electron chi connectivity index (χ3n) is 6.12. The lowest BCUT2D eigenvalue weighted by Gasteiger charge is -2.32. The Labute approximate surface area is 200 Å². The minimum absolute atomic E-state index is 0. The Morgan fingerprint density at radius 2 is 1.75 bits per heavy atom. The van der Waals surface area contributed by atoms with Crippen LogP contribution in [0.1, 0.15) is 63.4 Å². The van der Waals surface area contributed by atoms with E-state index in [0.717, 1.165) is 44.6 Å². The molecule has 3 rings (SSSR count). The Morgan fingerprint density at radius 3 is 2.44 bits per heavy atom. The minimum Gasteiger partial charge on any atom is -0.338 e. The summed E-state index contributed by atoms with van der Waals surface area (Å²) >= 11 is 6.13. The van der Waals surface area contributed by atoms with E-state index in [9.17, 15) is 13.2 Å².